The Bertz CT molecular complexity index is 208. The number of allylic oxidation sites excluding steroid dienone is 2. The van der Waals surface area contributed by atoms with Gasteiger partial charge in [0.15, 0.2) is 6.61 Å². The first-order chi connectivity index (χ1) is 6.47. The minimum absolute atomic E-state index is 0.506. The van der Waals surface area contributed by atoms with Crippen molar-refractivity contribution < 1.29 is 17.9 Å². The molecule has 1 atom stereocenters. The summed E-state index contributed by atoms with van der Waals surface area (Å²) in [7, 11) is 0. The van der Waals surface area contributed by atoms with Crippen LogP contribution in [-0.4, -0.2) is 12.8 Å². The predicted octanol–water partition coefficient (Wildman–Crippen LogP) is 3.66. The van der Waals surface area contributed by atoms with Crippen LogP contribution in [-0.2, 0) is 4.74 Å². The summed E-state index contributed by atoms with van der Waals surface area (Å²) in [5.74, 6) is 1.09. The Hall–Kier alpha value is -0.670. The topological polar surface area (TPSA) is 9.23 Å². The molecule has 82 valence electrons. The van der Waals surface area contributed by atoms with E-state index in [0.717, 1.165) is 19.3 Å². The van der Waals surface area contributed by atoms with Crippen LogP contribution >= 0.6 is 0 Å². The van der Waals surface area contributed by atoms with Crippen molar-refractivity contribution in [1.82, 2.24) is 0 Å². The Labute approximate surface area is 81.9 Å². The van der Waals surface area contributed by atoms with Crippen LogP contribution < -0.4 is 0 Å². The lowest BCUT2D eigenvalue weighted by molar-refractivity contribution is -0.165. The van der Waals surface area contributed by atoms with E-state index in [-0.39, 0.29) is 0 Å². The molecule has 14 heavy (non-hydrogen) atoms. The zero-order valence-electron chi connectivity index (χ0n) is 8.23. The molecule has 0 bridgehead atoms. The molecule has 0 amide bonds. The second-order valence-corrected chi connectivity index (χ2v) is 3.80. The van der Waals surface area contributed by atoms with Crippen molar-refractivity contribution >= 4 is 0 Å². The third-order valence-electron chi connectivity index (χ3n) is 2.34. The van der Waals surface area contributed by atoms with Crippen LogP contribution in [0.3, 0.4) is 0 Å². The highest BCUT2D eigenvalue weighted by atomic mass is 19.4. The monoisotopic (exact) mass is 208 g/mol. The highest BCUT2D eigenvalue weighted by Gasteiger charge is 2.28. The summed E-state index contributed by atoms with van der Waals surface area (Å²) in [4.78, 5) is 0. The van der Waals surface area contributed by atoms with E-state index >= 15 is 0 Å². The fraction of sp³-hybridized carbons (Fsp3) is 0.800. The molecule has 0 unspecified atom stereocenters. The van der Waals surface area contributed by atoms with E-state index in [1.807, 2.05) is 0 Å². The number of ether oxygens (including phenoxy) is 1. The third kappa shape index (κ3) is 4.53. The Morgan fingerprint density at radius 3 is 2.79 bits per heavy atom. The largest absolute Gasteiger partial charge is 0.489 e. The van der Waals surface area contributed by atoms with E-state index in [2.05, 4.69) is 6.92 Å². The van der Waals surface area contributed by atoms with Gasteiger partial charge in [0.2, 0.25) is 0 Å². The van der Waals surface area contributed by atoms with Gasteiger partial charge in [0, 0.05) is 6.42 Å². The lowest BCUT2D eigenvalue weighted by atomic mass is 10.0. The standard InChI is InChI=1S/C10H15F3O/c1-8-3-2-4-9(6-5-8)14-7-10(11,12)13/h4,8H,2-3,5-7H2,1H3/t8-/m1/s1. The minimum atomic E-state index is -4.22. The van der Waals surface area contributed by atoms with Gasteiger partial charge < -0.3 is 4.74 Å². The molecule has 0 aromatic carbocycles. The normalized spacial score (nSPS) is 24.0. The van der Waals surface area contributed by atoms with Gasteiger partial charge in [0.25, 0.3) is 0 Å². The molecule has 0 saturated heterocycles. The molecule has 0 N–H and O–H groups in total. The summed E-state index contributed by atoms with van der Waals surface area (Å²) in [5.41, 5.74) is 0. The van der Waals surface area contributed by atoms with Crippen molar-refractivity contribution in [3.05, 3.63) is 11.8 Å². The highest BCUT2D eigenvalue weighted by molar-refractivity contribution is 4.96. The molecule has 4 heteroatoms. The van der Waals surface area contributed by atoms with E-state index in [4.69, 9.17) is 4.74 Å². The van der Waals surface area contributed by atoms with E-state index < -0.39 is 12.8 Å². The van der Waals surface area contributed by atoms with Gasteiger partial charge >= 0.3 is 6.18 Å². The lowest BCUT2D eigenvalue weighted by Crippen LogP contribution is -2.16. The third-order valence-corrected chi connectivity index (χ3v) is 2.34. The first kappa shape index (κ1) is 11.4. The summed E-state index contributed by atoms with van der Waals surface area (Å²) < 4.78 is 40.2. The van der Waals surface area contributed by atoms with Crippen LogP contribution in [0.15, 0.2) is 11.8 Å². The van der Waals surface area contributed by atoms with Crippen molar-refractivity contribution in [3.63, 3.8) is 0 Å². The zero-order chi connectivity index (χ0) is 10.6. The smallest absolute Gasteiger partial charge is 0.422 e. The molecule has 0 fully saturated rings. The molecule has 0 aromatic rings. The van der Waals surface area contributed by atoms with Crippen molar-refractivity contribution in [2.75, 3.05) is 6.61 Å². The molecule has 1 nitrogen and oxygen atoms in total. The summed E-state index contributed by atoms with van der Waals surface area (Å²) in [5, 5.41) is 0. The van der Waals surface area contributed by atoms with Crippen molar-refractivity contribution in [2.45, 2.75) is 38.8 Å². The van der Waals surface area contributed by atoms with E-state index in [1.54, 1.807) is 6.08 Å². The lowest BCUT2D eigenvalue weighted by Gasteiger charge is -2.11. The van der Waals surface area contributed by atoms with Crippen LogP contribution in [0.1, 0.15) is 32.6 Å². The van der Waals surface area contributed by atoms with Gasteiger partial charge in [-0.1, -0.05) is 6.92 Å². The number of halogens is 3. The molecule has 1 aliphatic rings. The fourth-order valence-electron chi connectivity index (χ4n) is 1.47. The maximum atomic E-state index is 11.8. The molecule has 0 aromatic heterocycles. The molecule has 1 aliphatic carbocycles. The van der Waals surface area contributed by atoms with Gasteiger partial charge in [0.1, 0.15) is 0 Å². The number of rotatable bonds is 2. The molecular weight excluding hydrogens is 193 g/mol. The molecule has 0 spiro atoms. The van der Waals surface area contributed by atoms with Crippen LogP contribution in [0, 0.1) is 5.92 Å². The molecule has 0 radical (unpaired) electrons. The second kappa shape index (κ2) is 4.71. The van der Waals surface area contributed by atoms with E-state index in [9.17, 15) is 13.2 Å². The Balaban J connectivity index is 2.34. The van der Waals surface area contributed by atoms with Gasteiger partial charge in [-0.25, -0.2) is 0 Å². The van der Waals surface area contributed by atoms with Crippen molar-refractivity contribution in [1.29, 1.82) is 0 Å². The summed E-state index contributed by atoms with van der Waals surface area (Å²) in [6.45, 7) is 0.952. The second-order valence-electron chi connectivity index (χ2n) is 3.80. The number of alkyl halides is 3. The first-order valence-corrected chi connectivity index (χ1v) is 4.86. The van der Waals surface area contributed by atoms with Gasteiger partial charge in [-0.15, -0.1) is 0 Å². The van der Waals surface area contributed by atoms with Crippen LogP contribution in [0.2, 0.25) is 0 Å². The van der Waals surface area contributed by atoms with Gasteiger partial charge in [-0.05, 0) is 31.3 Å². The average Bonchev–Trinajstić information content (AvgIpc) is 2.25. The molecular formula is C10H15F3O. The zero-order valence-corrected chi connectivity index (χ0v) is 8.23. The van der Waals surface area contributed by atoms with E-state index in [1.165, 1.54) is 0 Å². The molecule has 0 aliphatic heterocycles. The summed E-state index contributed by atoms with van der Waals surface area (Å²) >= 11 is 0. The fourth-order valence-corrected chi connectivity index (χ4v) is 1.47. The molecule has 0 heterocycles. The molecule has 1 rings (SSSR count). The summed E-state index contributed by atoms with van der Waals surface area (Å²) in [6, 6.07) is 0. The van der Waals surface area contributed by atoms with Crippen LogP contribution in [0.4, 0.5) is 13.2 Å². The SMILES string of the molecule is C[C@@H]1CCC=C(OCC(F)(F)F)CC1. The Morgan fingerprint density at radius 2 is 2.14 bits per heavy atom. The van der Waals surface area contributed by atoms with Gasteiger partial charge in [-0.2, -0.15) is 13.2 Å². The average molecular weight is 208 g/mol. The van der Waals surface area contributed by atoms with Crippen LogP contribution in [0.5, 0.6) is 0 Å². The van der Waals surface area contributed by atoms with Crippen LogP contribution in [0.25, 0.3) is 0 Å². The Kier molecular flexibility index (Phi) is 3.84. The predicted molar refractivity (Wildman–Crippen MR) is 47.7 cm³/mol. The van der Waals surface area contributed by atoms with Gasteiger partial charge in [-0.3, -0.25) is 0 Å². The maximum absolute atomic E-state index is 11.8. The molecule has 0 saturated carbocycles. The van der Waals surface area contributed by atoms with Crippen molar-refractivity contribution in [3.8, 4) is 0 Å². The number of hydrogen-bond acceptors (Lipinski definition) is 1. The number of hydrogen-bond donors (Lipinski definition) is 0. The minimum Gasteiger partial charge on any atom is -0.489 e. The first-order valence-electron chi connectivity index (χ1n) is 4.86. The van der Waals surface area contributed by atoms with Crippen molar-refractivity contribution in [2.24, 2.45) is 5.92 Å². The van der Waals surface area contributed by atoms with Gasteiger partial charge in [0.05, 0.1) is 5.76 Å². The van der Waals surface area contributed by atoms with E-state index in [0.29, 0.717) is 18.1 Å². The highest BCUT2D eigenvalue weighted by Crippen LogP contribution is 2.24. The maximum Gasteiger partial charge on any atom is 0.422 e. The summed E-state index contributed by atoms with van der Waals surface area (Å²) in [6.07, 6.45) is 0.988. The quantitative estimate of drug-likeness (QED) is 0.672. The Morgan fingerprint density at radius 1 is 1.43 bits per heavy atom.